The van der Waals surface area contributed by atoms with Crippen LogP contribution in [0.1, 0.15) is 47.3 Å². The zero-order valence-electron chi connectivity index (χ0n) is 16.5. The van der Waals surface area contributed by atoms with E-state index in [1.165, 1.54) is 5.56 Å². The van der Waals surface area contributed by atoms with Crippen molar-refractivity contribution in [1.82, 2.24) is 10.3 Å². The fourth-order valence-electron chi connectivity index (χ4n) is 4.16. The van der Waals surface area contributed by atoms with Crippen LogP contribution >= 0.6 is 0 Å². The van der Waals surface area contributed by atoms with Crippen LogP contribution in [0.25, 0.3) is 0 Å². The summed E-state index contributed by atoms with van der Waals surface area (Å²) < 4.78 is 5.47. The van der Waals surface area contributed by atoms with Crippen LogP contribution in [0.5, 0.6) is 5.75 Å². The number of aromatic nitrogens is 1. The third-order valence-electron chi connectivity index (χ3n) is 5.82. The number of hydrogen-bond acceptors (Lipinski definition) is 4. The molecule has 27 heavy (non-hydrogen) atoms. The highest BCUT2D eigenvalue weighted by Gasteiger charge is 2.37. The highest BCUT2D eigenvalue weighted by Crippen LogP contribution is 2.43. The summed E-state index contributed by atoms with van der Waals surface area (Å²) in [5.74, 6) is 0.357. The van der Waals surface area contributed by atoms with Crippen LogP contribution in [0, 0.1) is 25.7 Å². The molecule has 3 rings (SSSR count). The Labute approximate surface area is 160 Å². The molecule has 0 fully saturated rings. The van der Waals surface area contributed by atoms with Gasteiger partial charge in [0.1, 0.15) is 5.75 Å². The molecule has 5 heteroatoms. The number of nitrogens with one attached hydrogen (secondary N) is 1. The maximum absolute atomic E-state index is 12.7. The topological polar surface area (TPSA) is 71.5 Å². The molecule has 0 radical (unpaired) electrons. The van der Waals surface area contributed by atoms with E-state index in [0.717, 1.165) is 40.8 Å². The van der Waals surface area contributed by atoms with Crippen LogP contribution in [0.15, 0.2) is 30.6 Å². The van der Waals surface area contributed by atoms with E-state index in [1.807, 2.05) is 32.0 Å². The molecule has 1 amide bonds. The number of rotatable bonds is 5. The summed E-state index contributed by atoms with van der Waals surface area (Å²) in [6.45, 7) is 6.38. The van der Waals surface area contributed by atoms with E-state index in [-0.39, 0.29) is 17.7 Å². The normalized spacial score (nSPS) is 19.9. The Bertz CT molecular complexity index is 820. The minimum Gasteiger partial charge on any atom is -0.496 e. The highest BCUT2D eigenvalue weighted by atomic mass is 16.5. The van der Waals surface area contributed by atoms with Crippen LogP contribution in [0.3, 0.4) is 0 Å². The fraction of sp³-hybridized carbons (Fsp3) is 0.455. The molecule has 0 saturated heterocycles. The number of nitrogens with zero attached hydrogens (tertiary/aromatic N) is 1. The van der Waals surface area contributed by atoms with Crippen LogP contribution < -0.4 is 10.1 Å². The van der Waals surface area contributed by atoms with Crippen molar-refractivity contribution in [3.05, 3.63) is 58.4 Å². The standard InChI is InChI=1S/C22H28N2O3/c1-13-10-19(27-4)15(3)20-17(13)7-8-18(21(20)25)14(2)22(26)24-12-16-6-5-9-23-11-16/h5-6,9-11,14,18,21,25H,7-8,12H2,1-4H3,(H,24,26). The molecule has 0 saturated carbocycles. The molecule has 2 N–H and O–H groups in total. The number of pyridine rings is 1. The third-order valence-corrected chi connectivity index (χ3v) is 5.82. The number of fused-ring (bicyclic) bond motifs is 1. The van der Waals surface area contributed by atoms with Gasteiger partial charge in [-0.2, -0.15) is 0 Å². The molecular formula is C22H28N2O3. The number of hydrogen-bond donors (Lipinski definition) is 2. The van der Waals surface area contributed by atoms with Gasteiger partial charge in [-0.25, -0.2) is 0 Å². The van der Waals surface area contributed by atoms with E-state index in [2.05, 4.69) is 17.2 Å². The molecule has 2 aromatic rings. The smallest absolute Gasteiger partial charge is 0.223 e. The molecule has 1 aromatic carbocycles. The number of aliphatic hydroxyl groups excluding tert-OH is 1. The number of aryl methyl sites for hydroxylation is 1. The van der Waals surface area contributed by atoms with E-state index >= 15 is 0 Å². The molecule has 1 aliphatic carbocycles. The molecule has 3 atom stereocenters. The summed E-state index contributed by atoms with van der Waals surface area (Å²) in [6.07, 6.45) is 4.45. The zero-order valence-corrected chi connectivity index (χ0v) is 16.5. The van der Waals surface area contributed by atoms with E-state index in [4.69, 9.17) is 4.74 Å². The first-order valence-corrected chi connectivity index (χ1v) is 9.45. The lowest BCUT2D eigenvalue weighted by Gasteiger charge is -2.35. The number of methoxy groups -OCH3 is 1. The zero-order chi connectivity index (χ0) is 19.6. The maximum atomic E-state index is 12.7. The van der Waals surface area contributed by atoms with Gasteiger partial charge >= 0.3 is 0 Å². The molecular weight excluding hydrogens is 340 g/mol. The van der Waals surface area contributed by atoms with Crippen LogP contribution in [-0.4, -0.2) is 23.1 Å². The quantitative estimate of drug-likeness (QED) is 0.850. The minimum absolute atomic E-state index is 0.0383. The Hall–Kier alpha value is -2.40. The van der Waals surface area contributed by atoms with Crippen molar-refractivity contribution in [2.45, 2.75) is 46.3 Å². The molecule has 0 spiro atoms. The molecule has 1 aliphatic rings. The second-order valence-electron chi connectivity index (χ2n) is 7.43. The van der Waals surface area contributed by atoms with E-state index < -0.39 is 6.10 Å². The van der Waals surface area contributed by atoms with Crippen LogP contribution in [-0.2, 0) is 17.8 Å². The highest BCUT2D eigenvalue weighted by molar-refractivity contribution is 5.78. The number of ether oxygens (including phenoxy) is 1. The van der Waals surface area contributed by atoms with Gasteiger partial charge in [0.25, 0.3) is 0 Å². The first-order chi connectivity index (χ1) is 12.9. The SMILES string of the molecule is COc1cc(C)c2c(c1C)C(O)C(C(C)C(=O)NCc1cccnc1)CC2. The van der Waals surface area contributed by atoms with Crippen molar-refractivity contribution in [2.24, 2.45) is 11.8 Å². The van der Waals surface area contributed by atoms with Crippen LogP contribution in [0.2, 0.25) is 0 Å². The second-order valence-corrected chi connectivity index (χ2v) is 7.43. The van der Waals surface area contributed by atoms with Gasteiger partial charge in [-0.15, -0.1) is 0 Å². The van der Waals surface area contributed by atoms with Crippen molar-refractivity contribution in [3.63, 3.8) is 0 Å². The van der Waals surface area contributed by atoms with Gasteiger partial charge in [0.15, 0.2) is 0 Å². The Morgan fingerprint density at radius 1 is 1.44 bits per heavy atom. The summed E-state index contributed by atoms with van der Waals surface area (Å²) in [5, 5.41) is 14.1. The summed E-state index contributed by atoms with van der Waals surface area (Å²) in [6, 6.07) is 5.82. The van der Waals surface area contributed by atoms with Crippen molar-refractivity contribution < 1.29 is 14.6 Å². The first kappa shape index (κ1) is 19.4. The Morgan fingerprint density at radius 3 is 2.89 bits per heavy atom. The largest absolute Gasteiger partial charge is 0.496 e. The number of carbonyl (C=O) groups excluding carboxylic acids is 1. The average molecular weight is 368 g/mol. The van der Waals surface area contributed by atoms with Gasteiger partial charge in [0.05, 0.1) is 13.2 Å². The van der Waals surface area contributed by atoms with Gasteiger partial charge < -0.3 is 15.2 Å². The molecule has 3 unspecified atom stereocenters. The minimum atomic E-state index is -0.665. The monoisotopic (exact) mass is 368 g/mol. The van der Waals surface area contributed by atoms with Gasteiger partial charge in [0.2, 0.25) is 5.91 Å². The Balaban J connectivity index is 1.76. The average Bonchev–Trinajstić information content (AvgIpc) is 2.69. The van der Waals surface area contributed by atoms with Gasteiger partial charge in [-0.3, -0.25) is 9.78 Å². The maximum Gasteiger partial charge on any atom is 0.223 e. The van der Waals surface area contributed by atoms with E-state index in [1.54, 1.807) is 19.5 Å². The lowest BCUT2D eigenvalue weighted by molar-refractivity contribution is -0.128. The van der Waals surface area contributed by atoms with Crippen molar-refractivity contribution in [3.8, 4) is 5.75 Å². The van der Waals surface area contributed by atoms with Crippen molar-refractivity contribution >= 4 is 5.91 Å². The van der Waals surface area contributed by atoms with Gasteiger partial charge in [0, 0.05) is 30.8 Å². The van der Waals surface area contributed by atoms with Crippen molar-refractivity contribution in [1.29, 1.82) is 0 Å². The second kappa shape index (κ2) is 8.09. The molecule has 0 aliphatic heterocycles. The molecule has 1 aromatic heterocycles. The lowest BCUT2D eigenvalue weighted by atomic mass is 9.72. The van der Waals surface area contributed by atoms with Crippen LogP contribution in [0.4, 0.5) is 0 Å². The third kappa shape index (κ3) is 3.83. The number of benzene rings is 1. The molecule has 1 heterocycles. The van der Waals surface area contributed by atoms with Gasteiger partial charge in [-0.05, 0) is 66.6 Å². The molecule has 5 nitrogen and oxygen atoms in total. The molecule has 144 valence electrons. The number of aliphatic hydroxyl groups is 1. The first-order valence-electron chi connectivity index (χ1n) is 9.45. The molecule has 0 bridgehead atoms. The van der Waals surface area contributed by atoms with Crippen molar-refractivity contribution in [2.75, 3.05) is 7.11 Å². The predicted octanol–water partition coefficient (Wildman–Crippen LogP) is 3.26. The lowest BCUT2D eigenvalue weighted by Crippen LogP contribution is -2.37. The summed E-state index contributed by atoms with van der Waals surface area (Å²) in [4.78, 5) is 16.7. The number of carbonyl (C=O) groups is 1. The Morgan fingerprint density at radius 2 is 2.22 bits per heavy atom. The fourth-order valence-corrected chi connectivity index (χ4v) is 4.16. The summed E-state index contributed by atoms with van der Waals surface area (Å²) in [7, 11) is 1.65. The van der Waals surface area contributed by atoms with E-state index in [9.17, 15) is 9.90 Å². The predicted molar refractivity (Wildman–Crippen MR) is 104 cm³/mol. The summed E-state index contributed by atoms with van der Waals surface area (Å²) >= 11 is 0. The van der Waals surface area contributed by atoms with Gasteiger partial charge in [-0.1, -0.05) is 13.0 Å². The summed E-state index contributed by atoms with van der Waals surface area (Å²) in [5.41, 5.74) is 5.20. The Kier molecular flexibility index (Phi) is 5.80. The number of amides is 1. The van der Waals surface area contributed by atoms with E-state index in [0.29, 0.717) is 6.54 Å².